The molecule has 0 radical (unpaired) electrons. The second-order valence-corrected chi connectivity index (χ2v) is 3.25. The number of aryl methyl sites for hydroxylation is 1. The molecule has 1 rings (SSSR count). The molecular weight excluding hydrogens is 193 g/mol. The third-order valence-corrected chi connectivity index (χ3v) is 1.89. The zero-order valence-electron chi connectivity index (χ0n) is 7.67. The van der Waals surface area contributed by atoms with Gasteiger partial charge in [0, 0.05) is 6.42 Å². The number of aliphatic hydroxyl groups is 1. The first-order valence-electron chi connectivity index (χ1n) is 4.20. The average Bonchev–Trinajstić information content (AvgIpc) is 2.02. The van der Waals surface area contributed by atoms with Crippen LogP contribution < -0.4 is 0 Å². The van der Waals surface area contributed by atoms with Gasteiger partial charge in [-0.25, -0.2) is 0 Å². The lowest BCUT2D eigenvalue weighted by atomic mass is 10.1. The molecule has 4 heteroatoms. The molecule has 0 aliphatic rings. The highest BCUT2D eigenvalue weighted by Crippen LogP contribution is 2.23. The van der Waals surface area contributed by atoms with Gasteiger partial charge in [0.25, 0.3) is 0 Å². The maximum absolute atomic E-state index is 12.0. The summed E-state index contributed by atoms with van der Waals surface area (Å²) in [6.07, 6.45) is -7.20. The van der Waals surface area contributed by atoms with Crippen LogP contribution in [0.4, 0.5) is 13.2 Å². The van der Waals surface area contributed by atoms with Crippen molar-refractivity contribution in [2.24, 2.45) is 0 Å². The number of hydrogen-bond donors (Lipinski definition) is 1. The molecule has 0 aromatic heterocycles. The highest BCUT2D eigenvalue weighted by atomic mass is 19.4. The zero-order valence-corrected chi connectivity index (χ0v) is 7.67. The third-order valence-electron chi connectivity index (χ3n) is 1.89. The fraction of sp³-hybridized carbons (Fsp3) is 0.400. The van der Waals surface area contributed by atoms with E-state index in [0.29, 0.717) is 5.56 Å². The molecule has 0 aliphatic heterocycles. The Morgan fingerprint density at radius 2 is 2.00 bits per heavy atom. The molecule has 0 aliphatic carbocycles. The van der Waals surface area contributed by atoms with E-state index >= 15 is 0 Å². The first kappa shape index (κ1) is 11.0. The van der Waals surface area contributed by atoms with Crippen LogP contribution in [0.15, 0.2) is 24.3 Å². The van der Waals surface area contributed by atoms with E-state index in [0.717, 1.165) is 5.56 Å². The largest absolute Gasteiger partial charge is 0.414 e. The lowest BCUT2D eigenvalue weighted by Gasteiger charge is -2.14. The van der Waals surface area contributed by atoms with Gasteiger partial charge in [0.2, 0.25) is 0 Å². The van der Waals surface area contributed by atoms with Crippen molar-refractivity contribution < 1.29 is 18.3 Å². The predicted molar refractivity (Wildman–Crippen MR) is 46.9 cm³/mol. The Labute approximate surface area is 80.2 Å². The zero-order chi connectivity index (χ0) is 10.8. The molecule has 0 heterocycles. The molecule has 1 atom stereocenters. The van der Waals surface area contributed by atoms with E-state index in [-0.39, 0.29) is 6.42 Å². The van der Waals surface area contributed by atoms with Gasteiger partial charge in [-0.15, -0.1) is 0 Å². The molecule has 0 bridgehead atoms. The number of hydrogen-bond acceptors (Lipinski definition) is 1. The summed E-state index contributed by atoms with van der Waals surface area (Å²) in [6, 6.07) is 6.67. The second kappa shape index (κ2) is 4.00. The minimum absolute atomic E-state index is 0.384. The quantitative estimate of drug-likeness (QED) is 0.784. The Morgan fingerprint density at radius 1 is 1.36 bits per heavy atom. The van der Waals surface area contributed by atoms with Crippen molar-refractivity contribution in [2.75, 3.05) is 0 Å². The molecule has 14 heavy (non-hydrogen) atoms. The molecule has 1 nitrogen and oxygen atoms in total. The average molecular weight is 204 g/mol. The van der Waals surface area contributed by atoms with Gasteiger partial charge in [0.1, 0.15) is 0 Å². The van der Waals surface area contributed by atoms with Crippen molar-refractivity contribution in [3.05, 3.63) is 35.4 Å². The number of rotatable bonds is 2. The third kappa shape index (κ3) is 3.03. The molecule has 1 aromatic carbocycles. The maximum atomic E-state index is 12.0. The Hall–Kier alpha value is -1.03. The summed E-state index contributed by atoms with van der Waals surface area (Å²) < 4.78 is 36.0. The monoisotopic (exact) mass is 204 g/mol. The molecule has 0 fully saturated rings. The normalized spacial score (nSPS) is 14.1. The molecule has 0 saturated carbocycles. The first-order chi connectivity index (χ1) is 6.39. The Morgan fingerprint density at radius 3 is 2.50 bits per heavy atom. The van der Waals surface area contributed by atoms with Gasteiger partial charge in [-0.3, -0.25) is 0 Å². The molecule has 1 aromatic rings. The molecule has 0 spiro atoms. The minimum atomic E-state index is -4.54. The fourth-order valence-corrected chi connectivity index (χ4v) is 1.18. The smallest absolute Gasteiger partial charge is 0.383 e. The van der Waals surface area contributed by atoms with Crippen molar-refractivity contribution in [3.63, 3.8) is 0 Å². The minimum Gasteiger partial charge on any atom is -0.383 e. The Kier molecular flexibility index (Phi) is 3.16. The van der Waals surface area contributed by atoms with E-state index in [2.05, 4.69) is 0 Å². The number of aliphatic hydroxyl groups excluding tert-OH is 1. The summed E-state index contributed by atoms with van der Waals surface area (Å²) in [4.78, 5) is 0. The lowest BCUT2D eigenvalue weighted by Crippen LogP contribution is -2.30. The van der Waals surface area contributed by atoms with Crippen LogP contribution in [0.3, 0.4) is 0 Å². The van der Waals surface area contributed by atoms with E-state index < -0.39 is 12.3 Å². The van der Waals surface area contributed by atoms with Gasteiger partial charge in [-0.1, -0.05) is 29.8 Å². The van der Waals surface area contributed by atoms with Crippen LogP contribution in [0.2, 0.25) is 0 Å². The number of alkyl halides is 3. The topological polar surface area (TPSA) is 20.2 Å². The van der Waals surface area contributed by atoms with Crippen molar-refractivity contribution >= 4 is 0 Å². The van der Waals surface area contributed by atoms with E-state index in [4.69, 9.17) is 5.11 Å². The molecular formula is C10H11F3O. The first-order valence-corrected chi connectivity index (χ1v) is 4.20. The van der Waals surface area contributed by atoms with Crippen LogP contribution in [-0.4, -0.2) is 17.4 Å². The summed E-state index contributed by atoms with van der Waals surface area (Å²) in [6.45, 7) is 1.80. The standard InChI is InChI=1S/C10H11F3O/c1-7-3-2-4-8(5-7)6-9(14)10(11,12)13/h2-5,9,14H,6H2,1H3/t9-/m1/s1. The predicted octanol–water partition coefficient (Wildman–Crippen LogP) is 2.46. The van der Waals surface area contributed by atoms with Crippen LogP contribution in [-0.2, 0) is 6.42 Å². The Bertz CT molecular complexity index is 306. The highest BCUT2D eigenvalue weighted by molar-refractivity contribution is 5.22. The van der Waals surface area contributed by atoms with Gasteiger partial charge < -0.3 is 5.11 Å². The van der Waals surface area contributed by atoms with Gasteiger partial charge in [0.15, 0.2) is 6.10 Å². The van der Waals surface area contributed by atoms with Crippen molar-refractivity contribution in [3.8, 4) is 0 Å². The van der Waals surface area contributed by atoms with Crippen LogP contribution >= 0.6 is 0 Å². The molecule has 1 N–H and O–H groups in total. The summed E-state index contributed by atoms with van der Waals surface area (Å²) in [7, 11) is 0. The summed E-state index contributed by atoms with van der Waals surface area (Å²) in [5, 5.41) is 8.81. The summed E-state index contributed by atoms with van der Waals surface area (Å²) in [5.74, 6) is 0. The maximum Gasteiger partial charge on any atom is 0.414 e. The highest BCUT2D eigenvalue weighted by Gasteiger charge is 2.37. The molecule has 0 amide bonds. The van der Waals surface area contributed by atoms with E-state index in [9.17, 15) is 13.2 Å². The summed E-state index contributed by atoms with van der Waals surface area (Å²) >= 11 is 0. The van der Waals surface area contributed by atoms with E-state index in [1.807, 2.05) is 0 Å². The van der Waals surface area contributed by atoms with Crippen molar-refractivity contribution in [2.45, 2.75) is 25.6 Å². The van der Waals surface area contributed by atoms with Gasteiger partial charge >= 0.3 is 6.18 Å². The summed E-state index contributed by atoms with van der Waals surface area (Å²) in [5.41, 5.74) is 1.38. The molecule has 0 unspecified atom stereocenters. The number of halogens is 3. The van der Waals surface area contributed by atoms with Gasteiger partial charge in [-0.05, 0) is 12.5 Å². The fourth-order valence-electron chi connectivity index (χ4n) is 1.18. The van der Waals surface area contributed by atoms with E-state index in [1.165, 1.54) is 0 Å². The van der Waals surface area contributed by atoms with Crippen molar-refractivity contribution in [1.82, 2.24) is 0 Å². The number of benzene rings is 1. The SMILES string of the molecule is Cc1cccc(C[C@@H](O)C(F)(F)F)c1. The van der Waals surface area contributed by atoms with E-state index in [1.54, 1.807) is 31.2 Å². The van der Waals surface area contributed by atoms with Crippen LogP contribution in [0.1, 0.15) is 11.1 Å². The second-order valence-electron chi connectivity index (χ2n) is 3.25. The lowest BCUT2D eigenvalue weighted by molar-refractivity contribution is -0.203. The van der Waals surface area contributed by atoms with Gasteiger partial charge in [-0.2, -0.15) is 13.2 Å². The van der Waals surface area contributed by atoms with Crippen LogP contribution in [0.5, 0.6) is 0 Å². The molecule has 78 valence electrons. The molecule has 0 saturated heterocycles. The van der Waals surface area contributed by atoms with Crippen molar-refractivity contribution in [1.29, 1.82) is 0 Å². The Balaban J connectivity index is 2.70. The van der Waals surface area contributed by atoms with Gasteiger partial charge in [0.05, 0.1) is 0 Å². The van der Waals surface area contributed by atoms with Crippen LogP contribution in [0.25, 0.3) is 0 Å². The van der Waals surface area contributed by atoms with Crippen LogP contribution in [0, 0.1) is 6.92 Å².